The van der Waals surface area contributed by atoms with E-state index >= 15 is 0 Å². The zero-order valence-electron chi connectivity index (χ0n) is 10.1. The van der Waals surface area contributed by atoms with E-state index in [1.165, 1.54) is 0 Å². The number of amides is 1. The number of benzene rings is 1. The van der Waals surface area contributed by atoms with Gasteiger partial charge in [-0.25, -0.2) is 17.2 Å². The van der Waals surface area contributed by atoms with Crippen molar-refractivity contribution in [3.8, 4) is 0 Å². The lowest BCUT2D eigenvalue weighted by Crippen LogP contribution is -2.34. The smallest absolute Gasteiger partial charge is 0.265 e. The minimum absolute atomic E-state index is 0.425. The van der Waals surface area contributed by atoms with E-state index < -0.39 is 47.6 Å². The molecule has 0 unspecified atom stereocenters. The predicted molar refractivity (Wildman–Crippen MR) is 69.5 cm³/mol. The summed E-state index contributed by atoms with van der Waals surface area (Å²) in [6.07, 6.45) is 1.47. The van der Waals surface area contributed by atoms with E-state index in [4.69, 9.17) is 22.3 Å². The molecule has 20 heavy (non-hydrogen) atoms. The SMILES string of the molecule is CC1(NC(=O)c2cc(F)c(F)c(S(=O)(=O)Cl)c2Cl)CC1. The lowest BCUT2D eigenvalue weighted by atomic mass is 10.1. The molecule has 1 amide bonds. The summed E-state index contributed by atoms with van der Waals surface area (Å²) < 4.78 is 49.4. The first-order valence-electron chi connectivity index (χ1n) is 5.50. The highest BCUT2D eigenvalue weighted by molar-refractivity contribution is 8.13. The third-order valence-electron chi connectivity index (χ3n) is 3.02. The Hall–Kier alpha value is -0.920. The van der Waals surface area contributed by atoms with Crippen LogP contribution in [0.5, 0.6) is 0 Å². The molecule has 1 N–H and O–H groups in total. The first-order valence-corrected chi connectivity index (χ1v) is 8.18. The maximum Gasteiger partial charge on any atom is 0.265 e. The van der Waals surface area contributed by atoms with Crippen LogP contribution in [-0.4, -0.2) is 19.9 Å². The summed E-state index contributed by atoms with van der Waals surface area (Å²) in [6, 6.07) is 0.546. The van der Waals surface area contributed by atoms with Crippen molar-refractivity contribution in [3.05, 3.63) is 28.3 Å². The number of carbonyl (C=O) groups excluding carboxylic acids is 1. The average molecular weight is 344 g/mol. The fourth-order valence-corrected chi connectivity index (χ4v) is 3.33. The summed E-state index contributed by atoms with van der Waals surface area (Å²) in [6.45, 7) is 1.76. The molecule has 9 heteroatoms. The third-order valence-corrected chi connectivity index (χ3v) is 4.86. The van der Waals surface area contributed by atoms with Crippen LogP contribution in [0.2, 0.25) is 5.02 Å². The molecule has 1 fully saturated rings. The zero-order valence-corrected chi connectivity index (χ0v) is 12.5. The number of rotatable bonds is 3. The molecule has 0 spiro atoms. The highest BCUT2D eigenvalue weighted by Gasteiger charge is 2.40. The van der Waals surface area contributed by atoms with Crippen LogP contribution in [0.1, 0.15) is 30.1 Å². The lowest BCUT2D eigenvalue weighted by Gasteiger charge is -2.14. The van der Waals surface area contributed by atoms with E-state index in [-0.39, 0.29) is 0 Å². The molecule has 1 aromatic carbocycles. The summed E-state index contributed by atoms with van der Waals surface area (Å²) in [7, 11) is 0.387. The van der Waals surface area contributed by atoms with Gasteiger partial charge in [0.15, 0.2) is 11.6 Å². The average Bonchev–Trinajstić information content (AvgIpc) is 2.99. The molecule has 0 bridgehead atoms. The van der Waals surface area contributed by atoms with Gasteiger partial charge in [0.1, 0.15) is 4.90 Å². The van der Waals surface area contributed by atoms with E-state index in [0.29, 0.717) is 6.07 Å². The largest absolute Gasteiger partial charge is 0.347 e. The molecule has 2 rings (SSSR count). The highest BCUT2D eigenvalue weighted by atomic mass is 35.7. The molecule has 0 heterocycles. The Morgan fingerprint density at radius 1 is 1.40 bits per heavy atom. The first kappa shape index (κ1) is 15.5. The summed E-state index contributed by atoms with van der Waals surface area (Å²) in [4.78, 5) is 10.7. The lowest BCUT2D eigenvalue weighted by molar-refractivity contribution is 0.0934. The number of hydrogen-bond acceptors (Lipinski definition) is 3. The van der Waals surface area contributed by atoms with Crippen LogP contribution in [-0.2, 0) is 9.05 Å². The quantitative estimate of drug-likeness (QED) is 0.678. The summed E-state index contributed by atoms with van der Waals surface area (Å²) in [5.74, 6) is -4.01. The minimum atomic E-state index is -4.63. The van der Waals surface area contributed by atoms with Gasteiger partial charge in [0.2, 0.25) is 0 Å². The Morgan fingerprint density at radius 3 is 2.40 bits per heavy atom. The zero-order chi connectivity index (χ0) is 15.3. The number of hydrogen-bond donors (Lipinski definition) is 1. The number of carbonyl (C=O) groups is 1. The van der Waals surface area contributed by atoms with Crippen molar-refractivity contribution >= 4 is 37.2 Å². The van der Waals surface area contributed by atoms with Crippen LogP contribution in [0.15, 0.2) is 11.0 Å². The number of nitrogens with one attached hydrogen (secondary N) is 1. The molecule has 1 aromatic rings. The van der Waals surface area contributed by atoms with Gasteiger partial charge in [0.05, 0.1) is 10.6 Å². The predicted octanol–water partition coefficient (Wildman–Crippen LogP) is 2.83. The van der Waals surface area contributed by atoms with Crippen LogP contribution in [0.25, 0.3) is 0 Å². The molecule has 110 valence electrons. The van der Waals surface area contributed by atoms with E-state index in [9.17, 15) is 22.0 Å². The second-order valence-electron chi connectivity index (χ2n) is 4.82. The van der Waals surface area contributed by atoms with Crippen molar-refractivity contribution in [2.75, 3.05) is 0 Å². The molecule has 1 aliphatic carbocycles. The van der Waals surface area contributed by atoms with Gasteiger partial charge in [0, 0.05) is 16.2 Å². The third kappa shape index (κ3) is 2.89. The van der Waals surface area contributed by atoms with Crippen LogP contribution < -0.4 is 5.32 Å². The fourth-order valence-electron chi connectivity index (χ4n) is 1.61. The van der Waals surface area contributed by atoms with Gasteiger partial charge >= 0.3 is 0 Å². The number of halogens is 4. The van der Waals surface area contributed by atoms with Crippen molar-refractivity contribution in [2.24, 2.45) is 0 Å². The summed E-state index contributed by atoms with van der Waals surface area (Å²) in [5.41, 5.74) is -0.899. The van der Waals surface area contributed by atoms with Crippen LogP contribution >= 0.6 is 22.3 Å². The normalized spacial score (nSPS) is 16.9. The van der Waals surface area contributed by atoms with Crippen LogP contribution in [0.4, 0.5) is 8.78 Å². The molecule has 1 saturated carbocycles. The Bertz CT molecular complexity index is 702. The molecule has 1 aliphatic rings. The minimum Gasteiger partial charge on any atom is -0.347 e. The van der Waals surface area contributed by atoms with E-state index in [1.807, 2.05) is 0 Å². The molecular weight excluding hydrogens is 335 g/mol. The van der Waals surface area contributed by atoms with Gasteiger partial charge in [-0.05, 0) is 25.8 Å². The second kappa shape index (κ2) is 4.82. The Labute approximate surface area is 123 Å². The Kier molecular flexibility index (Phi) is 3.73. The molecule has 0 aliphatic heterocycles. The summed E-state index contributed by atoms with van der Waals surface area (Å²) >= 11 is 5.68. The molecule has 4 nitrogen and oxygen atoms in total. The van der Waals surface area contributed by atoms with Gasteiger partial charge in [-0.3, -0.25) is 4.79 Å². The second-order valence-corrected chi connectivity index (χ2v) is 7.70. The monoisotopic (exact) mass is 343 g/mol. The van der Waals surface area contributed by atoms with E-state index in [1.54, 1.807) is 6.92 Å². The molecule has 0 radical (unpaired) electrons. The van der Waals surface area contributed by atoms with Crippen LogP contribution in [0.3, 0.4) is 0 Å². The van der Waals surface area contributed by atoms with Gasteiger partial charge in [-0.2, -0.15) is 0 Å². The standard InChI is InChI=1S/C11H9Cl2F2NO3S/c1-11(2-3-11)16-10(17)5-4-6(14)8(15)9(7(5)12)20(13,18)19/h4H,2-3H2,1H3,(H,16,17). The van der Waals surface area contributed by atoms with Gasteiger partial charge in [0.25, 0.3) is 15.0 Å². The maximum atomic E-state index is 13.5. The summed E-state index contributed by atoms with van der Waals surface area (Å²) in [5, 5.41) is 1.83. The molecular formula is C11H9Cl2F2NO3S. The van der Waals surface area contributed by atoms with E-state index in [0.717, 1.165) is 12.8 Å². The molecule has 0 atom stereocenters. The van der Waals surface area contributed by atoms with Crippen molar-refractivity contribution in [1.29, 1.82) is 0 Å². The Balaban J connectivity index is 2.55. The first-order chi connectivity index (χ1) is 9.05. The maximum absolute atomic E-state index is 13.5. The van der Waals surface area contributed by atoms with Crippen molar-refractivity contribution in [1.82, 2.24) is 5.32 Å². The molecule has 0 saturated heterocycles. The van der Waals surface area contributed by atoms with Crippen molar-refractivity contribution < 1.29 is 22.0 Å². The van der Waals surface area contributed by atoms with E-state index in [2.05, 4.69) is 5.32 Å². The van der Waals surface area contributed by atoms with Crippen molar-refractivity contribution in [2.45, 2.75) is 30.2 Å². The van der Waals surface area contributed by atoms with Gasteiger partial charge in [-0.15, -0.1) is 0 Å². The van der Waals surface area contributed by atoms with Gasteiger partial charge < -0.3 is 5.32 Å². The van der Waals surface area contributed by atoms with Crippen molar-refractivity contribution in [3.63, 3.8) is 0 Å². The topological polar surface area (TPSA) is 63.2 Å². The fraction of sp³-hybridized carbons (Fsp3) is 0.364. The van der Waals surface area contributed by atoms with Gasteiger partial charge in [-0.1, -0.05) is 11.6 Å². The molecule has 0 aromatic heterocycles. The van der Waals surface area contributed by atoms with Crippen LogP contribution in [0, 0.1) is 11.6 Å². The highest BCUT2D eigenvalue weighted by Crippen LogP contribution is 2.36. The Morgan fingerprint density at radius 2 is 1.95 bits per heavy atom.